The largest absolute Gasteiger partial charge is 0.333 e. The highest BCUT2D eigenvalue weighted by molar-refractivity contribution is 6.30. The van der Waals surface area contributed by atoms with Crippen molar-refractivity contribution in [3.63, 3.8) is 0 Å². The molecule has 1 unspecified atom stereocenters. The summed E-state index contributed by atoms with van der Waals surface area (Å²) in [6.07, 6.45) is 3.16. The number of rotatable bonds is 3. The van der Waals surface area contributed by atoms with E-state index >= 15 is 0 Å². The van der Waals surface area contributed by atoms with Crippen molar-refractivity contribution in [3.8, 4) is 0 Å². The molecule has 1 aliphatic heterocycles. The van der Waals surface area contributed by atoms with Crippen LogP contribution >= 0.6 is 24.0 Å². The minimum Gasteiger partial charge on any atom is -0.333 e. The molecule has 1 heterocycles. The van der Waals surface area contributed by atoms with E-state index in [9.17, 15) is 4.79 Å². The lowest BCUT2D eigenvalue weighted by molar-refractivity contribution is -0.134. The summed E-state index contributed by atoms with van der Waals surface area (Å²) in [5.74, 6) is 0.941. The second-order valence-electron chi connectivity index (χ2n) is 5.51. The maximum Gasteiger partial charge on any atom is 0.223 e. The fourth-order valence-electron chi connectivity index (χ4n) is 2.70. The minimum atomic E-state index is 0. The average molecular weight is 315 g/mol. The van der Waals surface area contributed by atoms with E-state index < -0.39 is 0 Å². The third kappa shape index (κ3) is 3.66. The molecule has 1 aromatic rings. The molecule has 2 aliphatic rings. The number of benzene rings is 1. The van der Waals surface area contributed by atoms with E-state index in [0.29, 0.717) is 11.8 Å². The van der Waals surface area contributed by atoms with E-state index in [-0.39, 0.29) is 18.4 Å². The Labute approximate surface area is 131 Å². The Morgan fingerprint density at radius 1 is 1.40 bits per heavy atom. The zero-order chi connectivity index (χ0) is 13.2. The number of piperazine rings is 1. The topological polar surface area (TPSA) is 32.3 Å². The van der Waals surface area contributed by atoms with Gasteiger partial charge in [-0.2, -0.15) is 0 Å². The zero-order valence-corrected chi connectivity index (χ0v) is 12.9. The van der Waals surface area contributed by atoms with E-state index in [1.807, 2.05) is 23.1 Å². The Morgan fingerprint density at radius 2 is 2.20 bits per heavy atom. The summed E-state index contributed by atoms with van der Waals surface area (Å²) in [7, 11) is 0. The van der Waals surface area contributed by atoms with Gasteiger partial charge in [-0.3, -0.25) is 4.79 Å². The Balaban J connectivity index is 0.00000147. The molecule has 5 heteroatoms. The molecular formula is C15H20Cl2N2O. The molecular weight excluding hydrogens is 295 g/mol. The second kappa shape index (κ2) is 6.79. The SMILES string of the molecule is Cl.O=C(CC1CC1)N1CCNCC1c1cccc(Cl)c1. The summed E-state index contributed by atoms with van der Waals surface area (Å²) < 4.78 is 0. The van der Waals surface area contributed by atoms with E-state index in [1.54, 1.807) is 0 Å². The summed E-state index contributed by atoms with van der Waals surface area (Å²) in [5.41, 5.74) is 1.13. The van der Waals surface area contributed by atoms with Gasteiger partial charge in [0.2, 0.25) is 5.91 Å². The van der Waals surface area contributed by atoms with Crippen LogP contribution in [-0.2, 0) is 4.79 Å². The number of hydrogen-bond donors (Lipinski definition) is 1. The normalized spacial score (nSPS) is 22.2. The molecule has 20 heavy (non-hydrogen) atoms. The third-order valence-electron chi connectivity index (χ3n) is 3.96. The molecule has 0 spiro atoms. The van der Waals surface area contributed by atoms with Crippen LogP contribution in [0.5, 0.6) is 0 Å². The van der Waals surface area contributed by atoms with Crippen molar-refractivity contribution in [1.29, 1.82) is 0 Å². The monoisotopic (exact) mass is 314 g/mol. The summed E-state index contributed by atoms with van der Waals surface area (Å²) in [5, 5.41) is 4.10. The number of carbonyl (C=O) groups excluding carboxylic acids is 1. The van der Waals surface area contributed by atoms with Crippen molar-refractivity contribution in [2.45, 2.75) is 25.3 Å². The highest BCUT2D eigenvalue weighted by Gasteiger charge is 2.32. The molecule has 0 bridgehead atoms. The van der Waals surface area contributed by atoms with Crippen LogP contribution in [0.15, 0.2) is 24.3 Å². The lowest BCUT2D eigenvalue weighted by Crippen LogP contribution is -2.48. The van der Waals surface area contributed by atoms with Gasteiger partial charge in [-0.05, 0) is 36.5 Å². The van der Waals surface area contributed by atoms with Crippen LogP contribution in [0.4, 0.5) is 0 Å². The average Bonchev–Trinajstić information content (AvgIpc) is 3.23. The first-order valence-corrected chi connectivity index (χ1v) is 7.37. The van der Waals surface area contributed by atoms with Gasteiger partial charge < -0.3 is 10.2 Å². The van der Waals surface area contributed by atoms with Crippen molar-refractivity contribution >= 4 is 29.9 Å². The van der Waals surface area contributed by atoms with Gasteiger partial charge in [-0.1, -0.05) is 23.7 Å². The molecule has 1 atom stereocenters. The predicted molar refractivity (Wildman–Crippen MR) is 83.4 cm³/mol. The number of nitrogens with one attached hydrogen (secondary N) is 1. The van der Waals surface area contributed by atoms with Crippen LogP contribution in [0, 0.1) is 5.92 Å². The molecule has 1 N–H and O–H groups in total. The predicted octanol–water partition coefficient (Wildman–Crippen LogP) is 3.03. The quantitative estimate of drug-likeness (QED) is 0.930. The first-order valence-electron chi connectivity index (χ1n) is 6.99. The van der Waals surface area contributed by atoms with Crippen LogP contribution in [0.25, 0.3) is 0 Å². The van der Waals surface area contributed by atoms with Gasteiger partial charge in [0.15, 0.2) is 0 Å². The summed E-state index contributed by atoms with van der Waals surface area (Å²) in [6.45, 7) is 2.49. The maximum absolute atomic E-state index is 12.4. The van der Waals surface area contributed by atoms with Crippen molar-refractivity contribution in [2.75, 3.05) is 19.6 Å². The fraction of sp³-hybridized carbons (Fsp3) is 0.533. The molecule has 1 saturated carbocycles. The summed E-state index contributed by atoms with van der Waals surface area (Å²) in [6, 6.07) is 7.98. The fourth-order valence-corrected chi connectivity index (χ4v) is 2.90. The molecule has 3 rings (SSSR count). The van der Waals surface area contributed by atoms with Gasteiger partial charge in [0.1, 0.15) is 0 Å². The van der Waals surface area contributed by atoms with Crippen molar-refractivity contribution in [2.24, 2.45) is 5.92 Å². The lowest BCUT2D eigenvalue weighted by Gasteiger charge is -2.36. The van der Waals surface area contributed by atoms with Crippen molar-refractivity contribution in [1.82, 2.24) is 10.2 Å². The molecule has 110 valence electrons. The molecule has 0 radical (unpaired) electrons. The molecule has 0 aromatic heterocycles. The molecule has 1 saturated heterocycles. The van der Waals surface area contributed by atoms with E-state index in [1.165, 1.54) is 12.8 Å². The Kier molecular flexibility index (Phi) is 5.30. The molecule has 2 fully saturated rings. The van der Waals surface area contributed by atoms with E-state index in [0.717, 1.165) is 36.6 Å². The standard InChI is InChI=1S/C15H19ClN2O.ClH/c16-13-3-1-2-12(9-13)14-10-17-6-7-18(14)15(19)8-11-4-5-11;/h1-3,9,11,14,17H,4-8,10H2;1H. The van der Waals surface area contributed by atoms with Gasteiger partial charge >= 0.3 is 0 Å². The van der Waals surface area contributed by atoms with Crippen molar-refractivity contribution < 1.29 is 4.79 Å². The first kappa shape index (κ1) is 15.6. The highest BCUT2D eigenvalue weighted by Crippen LogP contribution is 2.34. The van der Waals surface area contributed by atoms with Gasteiger partial charge in [0.25, 0.3) is 0 Å². The maximum atomic E-state index is 12.4. The summed E-state index contributed by atoms with van der Waals surface area (Å²) >= 11 is 6.06. The Bertz CT molecular complexity index is 477. The number of carbonyl (C=O) groups is 1. The highest BCUT2D eigenvalue weighted by atomic mass is 35.5. The molecule has 3 nitrogen and oxygen atoms in total. The third-order valence-corrected chi connectivity index (χ3v) is 4.19. The smallest absolute Gasteiger partial charge is 0.223 e. The van der Waals surface area contributed by atoms with Gasteiger partial charge in [0.05, 0.1) is 6.04 Å². The van der Waals surface area contributed by atoms with Gasteiger partial charge in [-0.15, -0.1) is 12.4 Å². The Morgan fingerprint density at radius 3 is 2.90 bits per heavy atom. The number of halogens is 2. The minimum absolute atomic E-state index is 0. The lowest BCUT2D eigenvalue weighted by atomic mass is 10.0. The molecule has 1 amide bonds. The zero-order valence-electron chi connectivity index (χ0n) is 11.3. The molecule has 1 aliphatic carbocycles. The summed E-state index contributed by atoms with van der Waals surface area (Å²) in [4.78, 5) is 14.4. The van der Waals surface area contributed by atoms with Gasteiger partial charge in [-0.25, -0.2) is 0 Å². The second-order valence-corrected chi connectivity index (χ2v) is 5.95. The first-order chi connectivity index (χ1) is 9.24. The number of hydrogen-bond acceptors (Lipinski definition) is 2. The van der Waals surface area contributed by atoms with Crippen LogP contribution in [0.1, 0.15) is 30.9 Å². The van der Waals surface area contributed by atoms with Gasteiger partial charge in [0, 0.05) is 31.1 Å². The molecule has 1 aromatic carbocycles. The number of nitrogens with zero attached hydrogens (tertiary/aromatic N) is 1. The van der Waals surface area contributed by atoms with Crippen LogP contribution in [-0.4, -0.2) is 30.4 Å². The van der Waals surface area contributed by atoms with E-state index in [4.69, 9.17) is 11.6 Å². The van der Waals surface area contributed by atoms with E-state index in [2.05, 4.69) is 11.4 Å². The van der Waals surface area contributed by atoms with Crippen LogP contribution in [0.3, 0.4) is 0 Å². The van der Waals surface area contributed by atoms with Crippen LogP contribution in [0.2, 0.25) is 5.02 Å². The van der Waals surface area contributed by atoms with Crippen molar-refractivity contribution in [3.05, 3.63) is 34.9 Å². The number of amides is 1. The van der Waals surface area contributed by atoms with Crippen LogP contribution < -0.4 is 5.32 Å². The Hall–Kier alpha value is -0.770.